The first-order valence-electron chi connectivity index (χ1n) is 6.69. The standard InChI is InChI=1S/C15H16N2O3/c1-3-19-15(18)17-9-8-16-10(2)14-13(17)11-6-4-5-7-12(11)20-14/h4-7H,3,8-9H2,1-2H3. The van der Waals surface area contributed by atoms with Crippen LogP contribution in [0.3, 0.4) is 0 Å². The number of ether oxygens (including phenoxy) is 1. The van der Waals surface area contributed by atoms with Crippen LogP contribution in [0, 0.1) is 0 Å². The lowest BCUT2D eigenvalue weighted by molar-refractivity contribution is 0.160. The summed E-state index contributed by atoms with van der Waals surface area (Å²) in [6, 6.07) is 7.67. The zero-order chi connectivity index (χ0) is 14.1. The van der Waals surface area contributed by atoms with Crippen molar-refractivity contribution < 1.29 is 13.9 Å². The van der Waals surface area contributed by atoms with Gasteiger partial charge in [-0.25, -0.2) is 4.79 Å². The number of hydrogen-bond donors (Lipinski definition) is 0. The summed E-state index contributed by atoms with van der Waals surface area (Å²) in [6.45, 7) is 5.08. The molecule has 0 N–H and O–H groups in total. The Bertz CT molecular complexity index is 687. The van der Waals surface area contributed by atoms with E-state index in [0.29, 0.717) is 25.5 Å². The molecule has 0 atom stereocenters. The molecule has 1 aliphatic rings. The van der Waals surface area contributed by atoms with Gasteiger partial charge >= 0.3 is 6.09 Å². The molecule has 5 nitrogen and oxygen atoms in total. The molecule has 0 saturated carbocycles. The number of amides is 1. The van der Waals surface area contributed by atoms with Gasteiger partial charge in [0, 0.05) is 11.9 Å². The van der Waals surface area contributed by atoms with Crippen LogP contribution >= 0.6 is 0 Å². The van der Waals surface area contributed by atoms with Gasteiger partial charge in [0.15, 0.2) is 5.76 Å². The topological polar surface area (TPSA) is 55.0 Å². The first kappa shape index (κ1) is 12.7. The Kier molecular flexibility index (Phi) is 3.18. The van der Waals surface area contributed by atoms with Crippen LogP contribution in [0.4, 0.5) is 10.5 Å². The van der Waals surface area contributed by atoms with Crippen molar-refractivity contribution in [2.75, 3.05) is 24.6 Å². The van der Waals surface area contributed by atoms with E-state index in [2.05, 4.69) is 4.99 Å². The molecule has 2 aromatic rings. The van der Waals surface area contributed by atoms with Gasteiger partial charge in [-0.2, -0.15) is 0 Å². The highest BCUT2D eigenvalue weighted by Crippen LogP contribution is 2.35. The van der Waals surface area contributed by atoms with Crippen molar-refractivity contribution in [1.82, 2.24) is 0 Å². The number of benzene rings is 1. The fourth-order valence-electron chi connectivity index (χ4n) is 2.43. The van der Waals surface area contributed by atoms with Gasteiger partial charge in [0.1, 0.15) is 11.3 Å². The van der Waals surface area contributed by atoms with Gasteiger partial charge in [0.05, 0.1) is 18.9 Å². The summed E-state index contributed by atoms with van der Waals surface area (Å²) >= 11 is 0. The van der Waals surface area contributed by atoms with Crippen molar-refractivity contribution in [2.24, 2.45) is 4.99 Å². The molecule has 0 aliphatic carbocycles. The summed E-state index contributed by atoms with van der Waals surface area (Å²) in [7, 11) is 0. The van der Waals surface area contributed by atoms with Gasteiger partial charge < -0.3 is 9.15 Å². The van der Waals surface area contributed by atoms with Crippen LogP contribution < -0.4 is 4.90 Å². The van der Waals surface area contributed by atoms with Crippen LogP contribution in [0.15, 0.2) is 33.7 Å². The minimum atomic E-state index is -0.356. The Labute approximate surface area is 116 Å². The second-order valence-electron chi connectivity index (χ2n) is 4.59. The van der Waals surface area contributed by atoms with Gasteiger partial charge in [-0.05, 0) is 26.0 Å². The normalized spacial score (nSPS) is 14.7. The van der Waals surface area contributed by atoms with E-state index < -0.39 is 0 Å². The van der Waals surface area contributed by atoms with Crippen LogP contribution in [-0.4, -0.2) is 31.5 Å². The Hall–Kier alpha value is -2.30. The first-order valence-corrected chi connectivity index (χ1v) is 6.69. The number of furan rings is 1. The molecule has 1 aliphatic heterocycles. The maximum absolute atomic E-state index is 12.2. The number of anilines is 1. The van der Waals surface area contributed by atoms with Gasteiger partial charge in [0.25, 0.3) is 0 Å². The largest absolute Gasteiger partial charge is 0.453 e. The first-order chi connectivity index (χ1) is 9.72. The van der Waals surface area contributed by atoms with Gasteiger partial charge in [-0.15, -0.1) is 0 Å². The molecule has 1 aromatic heterocycles. The minimum Gasteiger partial charge on any atom is -0.453 e. The molecule has 2 heterocycles. The van der Waals surface area contributed by atoms with Crippen molar-refractivity contribution in [1.29, 1.82) is 0 Å². The second-order valence-corrected chi connectivity index (χ2v) is 4.59. The van der Waals surface area contributed by atoms with Crippen LogP contribution in [0.1, 0.15) is 19.6 Å². The number of para-hydroxylation sites is 1. The number of carbonyl (C=O) groups is 1. The summed E-state index contributed by atoms with van der Waals surface area (Å²) in [5, 5.41) is 0.909. The lowest BCUT2D eigenvalue weighted by Crippen LogP contribution is -2.33. The summed E-state index contributed by atoms with van der Waals surface area (Å²) < 4.78 is 11.0. The van der Waals surface area contributed by atoms with E-state index in [1.165, 1.54) is 0 Å². The third-order valence-corrected chi connectivity index (χ3v) is 3.33. The predicted octanol–water partition coefficient (Wildman–Crippen LogP) is 3.22. The molecule has 0 bridgehead atoms. The molecule has 1 aromatic carbocycles. The third-order valence-electron chi connectivity index (χ3n) is 3.33. The summed E-state index contributed by atoms with van der Waals surface area (Å²) in [5.74, 6) is 0.650. The molecule has 3 rings (SSSR count). The van der Waals surface area contributed by atoms with Crippen LogP contribution in [0.25, 0.3) is 11.0 Å². The molecular weight excluding hydrogens is 256 g/mol. The molecular formula is C15H16N2O3. The molecule has 0 spiro atoms. The van der Waals surface area contributed by atoms with Gasteiger partial charge in [-0.3, -0.25) is 9.89 Å². The maximum Gasteiger partial charge on any atom is 0.414 e. The van der Waals surface area contributed by atoms with E-state index in [9.17, 15) is 4.79 Å². The Morgan fingerprint density at radius 3 is 3.05 bits per heavy atom. The highest BCUT2D eigenvalue weighted by Gasteiger charge is 2.28. The third kappa shape index (κ3) is 1.95. The lowest BCUT2D eigenvalue weighted by atomic mass is 10.2. The predicted molar refractivity (Wildman–Crippen MR) is 77.7 cm³/mol. The van der Waals surface area contributed by atoms with Crippen LogP contribution in [-0.2, 0) is 4.74 Å². The Morgan fingerprint density at radius 1 is 1.45 bits per heavy atom. The zero-order valence-corrected chi connectivity index (χ0v) is 11.5. The number of carbonyl (C=O) groups excluding carboxylic acids is 1. The average Bonchev–Trinajstić information content (AvgIpc) is 2.75. The number of aliphatic imine (C=N–C) groups is 1. The maximum atomic E-state index is 12.2. The lowest BCUT2D eigenvalue weighted by Gasteiger charge is -2.19. The monoisotopic (exact) mass is 272 g/mol. The van der Waals surface area contributed by atoms with Crippen molar-refractivity contribution >= 4 is 28.5 Å². The highest BCUT2D eigenvalue weighted by molar-refractivity contribution is 6.12. The summed E-state index contributed by atoms with van der Waals surface area (Å²) in [5.41, 5.74) is 2.32. The molecule has 1 amide bonds. The van der Waals surface area contributed by atoms with Crippen LogP contribution in [0.5, 0.6) is 0 Å². The SMILES string of the molecule is CCOC(=O)N1CCN=C(C)c2oc3ccccc3c21. The van der Waals surface area contributed by atoms with E-state index in [4.69, 9.17) is 9.15 Å². The van der Waals surface area contributed by atoms with E-state index in [0.717, 1.165) is 22.4 Å². The second kappa shape index (κ2) is 5.00. The number of nitrogens with zero attached hydrogens (tertiary/aromatic N) is 2. The molecule has 20 heavy (non-hydrogen) atoms. The number of hydrogen-bond acceptors (Lipinski definition) is 4. The van der Waals surface area contributed by atoms with Gasteiger partial charge in [0.2, 0.25) is 0 Å². The molecule has 5 heteroatoms. The van der Waals surface area contributed by atoms with Crippen molar-refractivity contribution in [3.8, 4) is 0 Å². The zero-order valence-electron chi connectivity index (χ0n) is 11.5. The van der Waals surface area contributed by atoms with E-state index in [1.807, 2.05) is 31.2 Å². The molecule has 0 saturated heterocycles. The number of rotatable bonds is 1. The van der Waals surface area contributed by atoms with Crippen molar-refractivity contribution in [2.45, 2.75) is 13.8 Å². The molecule has 0 fully saturated rings. The van der Waals surface area contributed by atoms with Crippen molar-refractivity contribution in [3.05, 3.63) is 30.0 Å². The fourth-order valence-corrected chi connectivity index (χ4v) is 2.43. The molecule has 104 valence electrons. The smallest absolute Gasteiger partial charge is 0.414 e. The number of fused-ring (bicyclic) bond motifs is 3. The Morgan fingerprint density at radius 2 is 2.25 bits per heavy atom. The quantitative estimate of drug-likeness (QED) is 0.801. The van der Waals surface area contributed by atoms with Crippen LogP contribution in [0.2, 0.25) is 0 Å². The molecule has 0 unspecified atom stereocenters. The Balaban J connectivity index is 2.20. The summed E-state index contributed by atoms with van der Waals surface area (Å²) in [4.78, 5) is 18.2. The van der Waals surface area contributed by atoms with E-state index in [-0.39, 0.29) is 6.09 Å². The van der Waals surface area contributed by atoms with E-state index in [1.54, 1.807) is 11.8 Å². The van der Waals surface area contributed by atoms with E-state index >= 15 is 0 Å². The fraction of sp³-hybridized carbons (Fsp3) is 0.333. The molecule has 0 radical (unpaired) electrons. The average molecular weight is 272 g/mol. The van der Waals surface area contributed by atoms with Crippen molar-refractivity contribution in [3.63, 3.8) is 0 Å². The van der Waals surface area contributed by atoms with Gasteiger partial charge in [-0.1, -0.05) is 12.1 Å². The summed E-state index contributed by atoms with van der Waals surface area (Å²) in [6.07, 6.45) is -0.356. The minimum absolute atomic E-state index is 0.348. The highest BCUT2D eigenvalue weighted by atomic mass is 16.6.